The Morgan fingerprint density at radius 1 is 1.26 bits per heavy atom. The van der Waals surface area contributed by atoms with Crippen molar-refractivity contribution in [3.05, 3.63) is 0 Å². The van der Waals surface area contributed by atoms with E-state index in [1.807, 2.05) is 6.92 Å². The van der Waals surface area contributed by atoms with Crippen molar-refractivity contribution in [3.63, 3.8) is 0 Å². The average Bonchev–Trinajstić information content (AvgIpc) is 3.16. The number of aliphatic hydroxyl groups is 1. The SMILES string of the molecule is CC(C)(C)[Si](C)(C)OC[C@@H](O)CC1CC1.CCCCS(=O)(=O)O. The van der Waals surface area contributed by atoms with E-state index in [0.29, 0.717) is 13.0 Å². The van der Waals surface area contributed by atoms with Gasteiger partial charge in [0.25, 0.3) is 10.1 Å². The van der Waals surface area contributed by atoms with Gasteiger partial charge in [-0.25, -0.2) is 0 Å². The Morgan fingerprint density at radius 3 is 2.09 bits per heavy atom. The molecule has 0 spiro atoms. The first-order valence-corrected chi connectivity index (χ1v) is 13.1. The predicted octanol–water partition coefficient (Wildman–Crippen LogP) is 3.84. The van der Waals surface area contributed by atoms with Gasteiger partial charge in [0.1, 0.15) is 0 Å². The molecule has 23 heavy (non-hydrogen) atoms. The molecule has 1 rings (SSSR count). The molecule has 1 atom stereocenters. The molecule has 0 bridgehead atoms. The van der Waals surface area contributed by atoms with Crippen LogP contribution in [0, 0.1) is 5.92 Å². The summed E-state index contributed by atoms with van der Waals surface area (Å²) in [5.41, 5.74) is 0. The van der Waals surface area contributed by atoms with Crippen LogP contribution >= 0.6 is 0 Å². The largest absolute Gasteiger partial charge is 0.414 e. The highest BCUT2D eigenvalue weighted by atomic mass is 32.2. The van der Waals surface area contributed by atoms with Gasteiger partial charge in [0.2, 0.25) is 0 Å². The standard InChI is InChI=1S/C12H26O2Si.C4H10O3S/c1-12(2,3)15(4,5)14-9-11(13)8-10-6-7-10;1-2-3-4-8(5,6)7/h10-11,13H,6-9H2,1-5H3;2-4H2,1H3,(H,5,6,7)/t11-;/m0./s1. The lowest BCUT2D eigenvalue weighted by molar-refractivity contribution is 0.0883. The molecule has 0 radical (unpaired) electrons. The van der Waals surface area contributed by atoms with Crippen LogP contribution in [0.1, 0.15) is 59.8 Å². The van der Waals surface area contributed by atoms with Crippen molar-refractivity contribution in [3.8, 4) is 0 Å². The summed E-state index contributed by atoms with van der Waals surface area (Å²) in [6.07, 6.45) is 4.63. The molecule has 0 saturated heterocycles. The normalized spacial score (nSPS) is 17.4. The van der Waals surface area contributed by atoms with Gasteiger partial charge in [-0.05, 0) is 36.9 Å². The second-order valence-corrected chi connectivity index (χ2v) is 14.4. The lowest BCUT2D eigenvalue weighted by Crippen LogP contribution is -2.42. The first kappa shape index (κ1) is 23.0. The molecule has 0 aromatic rings. The zero-order valence-electron chi connectivity index (χ0n) is 15.6. The van der Waals surface area contributed by atoms with Crippen LogP contribution in [0.2, 0.25) is 18.1 Å². The minimum absolute atomic E-state index is 0.108. The van der Waals surface area contributed by atoms with Gasteiger partial charge in [-0.2, -0.15) is 8.42 Å². The highest BCUT2D eigenvalue weighted by molar-refractivity contribution is 7.85. The van der Waals surface area contributed by atoms with Crippen molar-refractivity contribution < 1.29 is 22.5 Å². The van der Waals surface area contributed by atoms with E-state index in [2.05, 4.69) is 33.9 Å². The highest BCUT2D eigenvalue weighted by Gasteiger charge is 2.37. The zero-order valence-corrected chi connectivity index (χ0v) is 17.4. The topological polar surface area (TPSA) is 83.8 Å². The number of aliphatic hydroxyl groups excluding tert-OH is 1. The van der Waals surface area contributed by atoms with Gasteiger partial charge in [0.05, 0.1) is 18.5 Å². The third-order valence-corrected chi connectivity index (χ3v) is 9.81. The first-order valence-electron chi connectivity index (χ1n) is 8.55. The molecular weight excluding hydrogens is 332 g/mol. The summed E-state index contributed by atoms with van der Waals surface area (Å²) in [4.78, 5) is 0. The Kier molecular flexibility index (Phi) is 9.53. The molecule has 0 heterocycles. The summed E-state index contributed by atoms with van der Waals surface area (Å²) in [7, 11) is -5.34. The average molecular weight is 369 g/mol. The first-order chi connectivity index (χ1) is 10.3. The second kappa shape index (κ2) is 9.51. The molecular formula is C16H36O5SSi. The summed E-state index contributed by atoms with van der Waals surface area (Å²) >= 11 is 0. The highest BCUT2D eigenvalue weighted by Crippen LogP contribution is 2.37. The lowest BCUT2D eigenvalue weighted by atomic mass is 10.2. The van der Waals surface area contributed by atoms with Gasteiger partial charge in [-0.3, -0.25) is 4.55 Å². The molecule has 0 aromatic carbocycles. The predicted molar refractivity (Wildman–Crippen MR) is 97.8 cm³/mol. The van der Waals surface area contributed by atoms with Crippen LogP contribution in [-0.4, -0.2) is 44.9 Å². The number of hydrogen-bond donors (Lipinski definition) is 2. The molecule has 0 aliphatic heterocycles. The van der Waals surface area contributed by atoms with E-state index in [1.54, 1.807) is 0 Å². The minimum atomic E-state index is -3.69. The van der Waals surface area contributed by atoms with Gasteiger partial charge in [-0.15, -0.1) is 0 Å². The van der Waals surface area contributed by atoms with E-state index in [4.69, 9.17) is 8.98 Å². The molecule has 2 N–H and O–H groups in total. The zero-order chi connectivity index (χ0) is 18.3. The van der Waals surface area contributed by atoms with Crippen molar-refractivity contribution in [2.45, 2.75) is 84.0 Å². The summed E-state index contributed by atoms with van der Waals surface area (Å²) < 4.78 is 34.0. The minimum Gasteiger partial charge on any atom is -0.414 e. The van der Waals surface area contributed by atoms with Crippen LogP contribution in [0.15, 0.2) is 0 Å². The number of rotatable bonds is 8. The molecule has 0 unspecified atom stereocenters. The smallest absolute Gasteiger partial charge is 0.264 e. The molecule has 0 amide bonds. The van der Waals surface area contributed by atoms with Gasteiger partial charge in [0, 0.05) is 0 Å². The van der Waals surface area contributed by atoms with Crippen molar-refractivity contribution >= 4 is 18.4 Å². The van der Waals surface area contributed by atoms with E-state index in [-0.39, 0.29) is 16.9 Å². The van der Waals surface area contributed by atoms with E-state index < -0.39 is 18.4 Å². The molecule has 1 aliphatic rings. The van der Waals surface area contributed by atoms with Gasteiger partial charge < -0.3 is 9.53 Å². The molecule has 0 aromatic heterocycles. The third kappa shape index (κ3) is 12.1. The maximum Gasteiger partial charge on any atom is 0.264 e. The van der Waals surface area contributed by atoms with Crippen LogP contribution in [-0.2, 0) is 14.5 Å². The number of unbranched alkanes of at least 4 members (excludes halogenated alkanes) is 1. The van der Waals surface area contributed by atoms with Crippen LogP contribution in [0.5, 0.6) is 0 Å². The number of hydrogen-bond acceptors (Lipinski definition) is 4. The third-order valence-electron chi connectivity index (χ3n) is 4.50. The van der Waals surface area contributed by atoms with Crippen LogP contribution in [0.25, 0.3) is 0 Å². The van der Waals surface area contributed by atoms with Crippen LogP contribution in [0.4, 0.5) is 0 Å². The Morgan fingerprint density at radius 2 is 1.78 bits per heavy atom. The summed E-state index contributed by atoms with van der Waals surface area (Å²) in [5, 5.41) is 10.0. The van der Waals surface area contributed by atoms with Crippen molar-refractivity contribution in [1.82, 2.24) is 0 Å². The Bertz CT molecular complexity index is 424. The molecule has 1 fully saturated rings. The Hall–Kier alpha value is 0.0469. The van der Waals surface area contributed by atoms with Crippen molar-refractivity contribution in [2.75, 3.05) is 12.4 Å². The monoisotopic (exact) mass is 368 g/mol. The fraction of sp³-hybridized carbons (Fsp3) is 1.00. The fourth-order valence-electron chi connectivity index (χ4n) is 1.65. The maximum atomic E-state index is 9.95. The summed E-state index contributed by atoms with van der Waals surface area (Å²) in [5.74, 6) is 0.673. The Labute approximate surface area is 143 Å². The second-order valence-electron chi connectivity index (χ2n) is 8.04. The van der Waals surface area contributed by atoms with Crippen LogP contribution < -0.4 is 0 Å². The molecule has 1 saturated carbocycles. The fourth-order valence-corrected chi connectivity index (χ4v) is 3.35. The summed E-state index contributed by atoms with van der Waals surface area (Å²) in [6, 6.07) is 0. The van der Waals surface area contributed by atoms with E-state index >= 15 is 0 Å². The summed E-state index contributed by atoms with van der Waals surface area (Å²) in [6.45, 7) is 13.6. The van der Waals surface area contributed by atoms with Crippen LogP contribution in [0.3, 0.4) is 0 Å². The van der Waals surface area contributed by atoms with Gasteiger partial charge in [0.15, 0.2) is 8.32 Å². The molecule has 5 nitrogen and oxygen atoms in total. The van der Waals surface area contributed by atoms with Gasteiger partial charge in [-0.1, -0.05) is 47.0 Å². The van der Waals surface area contributed by atoms with Crippen molar-refractivity contribution in [1.29, 1.82) is 0 Å². The molecule has 140 valence electrons. The maximum absolute atomic E-state index is 9.95. The molecule has 7 heteroatoms. The molecule has 1 aliphatic carbocycles. The Balaban J connectivity index is 0.000000515. The lowest BCUT2D eigenvalue weighted by Gasteiger charge is -2.36. The van der Waals surface area contributed by atoms with E-state index in [0.717, 1.165) is 18.8 Å². The van der Waals surface area contributed by atoms with E-state index in [9.17, 15) is 13.5 Å². The van der Waals surface area contributed by atoms with Crippen molar-refractivity contribution in [2.24, 2.45) is 5.92 Å². The van der Waals surface area contributed by atoms with E-state index in [1.165, 1.54) is 12.8 Å². The van der Waals surface area contributed by atoms with Gasteiger partial charge >= 0.3 is 0 Å². The quantitative estimate of drug-likeness (QED) is 0.502.